The van der Waals surface area contributed by atoms with Crippen LogP contribution in [0.25, 0.3) is 11.1 Å². The zero-order valence-corrected chi connectivity index (χ0v) is 18.5. The molecule has 0 saturated heterocycles. The SMILES string of the molecule is COC(=O)C(Cc1cccc(C(=N)N)c1)C(C)NC(=O)c1cc(-c2ccc[n+]([O-])c2)cs1. The van der Waals surface area contributed by atoms with E-state index in [0.717, 1.165) is 11.1 Å². The van der Waals surface area contributed by atoms with E-state index in [0.29, 0.717) is 27.2 Å². The van der Waals surface area contributed by atoms with Gasteiger partial charge >= 0.3 is 5.97 Å². The van der Waals surface area contributed by atoms with Crippen molar-refractivity contribution < 1.29 is 19.1 Å². The topological polar surface area (TPSA) is 132 Å². The first-order chi connectivity index (χ1) is 15.3. The number of carbonyl (C=O) groups excluding carboxylic acids is 2. The van der Waals surface area contributed by atoms with Crippen LogP contribution in [0.3, 0.4) is 0 Å². The lowest BCUT2D eigenvalue weighted by atomic mass is 9.92. The molecule has 0 aliphatic heterocycles. The van der Waals surface area contributed by atoms with E-state index in [2.05, 4.69) is 5.32 Å². The molecule has 0 spiro atoms. The molecule has 0 fully saturated rings. The second-order valence-corrected chi connectivity index (χ2v) is 8.27. The maximum absolute atomic E-state index is 12.8. The number of amides is 1. The van der Waals surface area contributed by atoms with Gasteiger partial charge in [-0.25, -0.2) is 0 Å². The van der Waals surface area contributed by atoms with Gasteiger partial charge in [-0.05, 0) is 48.1 Å². The molecule has 2 atom stereocenters. The fraction of sp³-hybridized carbons (Fsp3) is 0.217. The third-order valence-electron chi connectivity index (χ3n) is 5.09. The normalized spacial score (nSPS) is 12.6. The monoisotopic (exact) mass is 452 g/mol. The van der Waals surface area contributed by atoms with Crippen LogP contribution < -0.4 is 15.8 Å². The van der Waals surface area contributed by atoms with Crippen LogP contribution in [0.2, 0.25) is 0 Å². The summed E-state index contributed by atoms with van der Waals surface area (Å²) >= 11 is 1.26. The molecule has 9 heteroatoms. The van der Waals surface area contributed by atoms with Gasteiger partial charge in [-0.1, -0.05) is 18.2 Å². The number of benzene rings is 1. The van der Waals surface area contributed by atoms with Crippen molar-refractivity contribution in [2.45, 2.75) is 19.4 Å². The van der Waals surface area contributed by atoms with Crippen LogP contribution in [0.1, 0.15) is 27.7 Å². The van der Waals surface area contributed by atoms with Gasteiger partial charge in [-0.2, -0.15) is 4.73 Å². The van der Waals surface area contributed by atoms with E-state index in [1.54, 1.807) is 48.7 Å². The summed E-state index contributed by atoms with van der Waals surface area (Å²) in [4.78, 5) is 25.7. The number of hydrogen-bond acceptors (Lipinski definition) is 6. The standard InChI is InChI=1S/C23H24N4O4S/c1-14(19(23(29)31-2)10-15-5-3-6-16(9-15)21(24)25)26-22(28)20-11-18(13-32-20)17-7-4-8-27(30)12-17/h3-9,11-14,19H,10H2,1-2H3,(H3,24,25)(H,26,28). The van der Waals surface area contributed by atoms with Crippen LogP contribution in [-0.2, 0) is 16.0 Å². The summed E-state index contributed by atoms with van der Waals surface area (Å²) in [6, 6.07) is 11.7. The van der Waals surface area contributed by atoms with Crippen LogP contribution in [-0.4, -0.2) is 30.9 Å². The molecule has 0 radical (unpaired) electrons. The van der Waals surface area contributed by atoms with Crippen LogP contribution in [0.4, 0.5) is 0 Å². The average molecular weight is 453 g/mol. The Balaban J connectivity index is 1.74. The van der Waals surface area contributed by atoms with Gasteiger partial charge in [-0.15, -0.1) is 11.3 Å². The van der Waals surface area contributed by atoms with Crippen molar-refractivity contribution in [3.8, 4) is 11.1 Å². The van der Waals surface area contributed by atoms with Gasteiger partial charge in [0.1, 0.15) is 5.84 Å². The maximum atomic E-state index is 12.8. The Morgan fingerprint density at radius 2 is 2.03 bits per heavy atom. The third kappa shape index (κ3) is 5.50. The summed E-state index contributed by atoms with van der Waals surface area (Å²) in [5, 5.41) is 23.8. The highest BCUT2D eigenvalue weighted by Gasteiger charge is 2.28. The van der Waals surface area contributed by atoms with Gasteiger partial charge in [-0.3, -0.25) is 15.0 Å². The molecule has 3 aromatic rings. The summed E-state index contributed by atoms with van der Waals surface area (Å²) in [5.74, 6) is -1.44. The van der Waals surface area contributed by atoms with Gasteiger partial charge in [0.25, 0.3) is 5.91 Å². The van der Waals surface area contributed by atoms with E-state index in [-0.39, 0.29) is 11.7 Å². The quantitative estimate of drug-likeness (QED) is 0.159. The Morgan fingerprint density at radius 1 is 1.25 bits per heavy atom. The molecule has 0 saturated carbocycles. The van der Waals surface area contributed by atoms with E-state index in [4.69, 9.17) is 15.9 Å². The van der Waals surface area contributed by atoms with Crippen molar-refractivity contribution in [1.82, 2.24) is 5.32 Å². The second-order valence-electron chi connectivity index (χ2n) is 7.36. The van der Waals surface area contributed by atoms with Crippen molar-refractivity contribution in [2.75, 3.05) is 7.11 Å². The van der Waals surface area contributed by atoms with E-state index in [1.807, 2.05) is 6.07 Å². The highest BCUT2D eigenvalue weighted by Crippen LogP contribution is 2.25. The van der Waals surface area contributed by atoms with Crippen molar-refractivity contribution in [1.29, 1.82) is 5.41 Å². The summed E-state index contributed by atoms with van der Waals surface area (Å²) in [6.07, 6.45) is 3.15. The van der Waals surface area contributed by atoms with Gasteiger partial charge in [0.15, 0.2) is 12.4 Å². The lowest BCUT2D eigenvalue weighted by Crippen LogP contribution is -2.42. The average Bonchev–Trinajstić information content (AvgIpc) is 3.27. The molecule has 0 bridgehead atoms. The molecule has 3 rings (SSSR count). The summed E-state index contributed by atoms with van der Waals surface area (Å²) in [5.41, 5.74) is 8.41. The number of pyridine rings is 1. The minimum atomic E-state index is -0.626. The number of hydrogen-bond donors (Lipinski definition) is 3. The molecule has 2 unspecified atom stereocenters. The van der Waals surface area contributed by atoms with E-state index < -0.39 is 17.9 Å². The maximum Gasteiger partial charge on any atom is 0.311 e. The molecule has 0 aliphatic carbocycles. The van der Waals surface area contributed by atoms with E-state index in [1.165, 1.54) is 30.8 Å². The lowest BCUT2D eigenvalue weighted by Gasteiger charge is -2.23. The fourth-order valence-electron chi connectivity index (χ4n) is 3.35. The zero-order chi connectivity index (χ0) is 23.3. The Hall–Kier alpha value is -3.72. The first kappa shape index (κ1) is 23.0. The van der Waals surface area contributed by atoms with Crippen LogP contribution in [0, 0.1) is 16.5 Å². The number of nitrogens with one attached hydrogen (secondary N) is 2. The van der Waals surface area contributed by atoms with Gasteiger partial charge in [0.05, 0.1) is 17.9 Å². The number of ether oxygens (including phenoxy) is 1. The minimum Gasteiger partial charge on any atom is -0.619 e. The van der Waals surface area contributed by atoms with Crippen molar-refractivity contribution in [3.05, 3.63) is 81.4 Å². The number of thiophene rings is 1. The predicted octanol–water partition coefficient (Wildman–Crippen LogP) is 2.48. The number of nitrogen functional groups attached to an aromatic ring is 1. The summed E-state index contributed by atoms with van der Waals surface area (Å²) in [6.45, 7) is 1.75. The highest BCUT2D eigenvalue weighted by atomic mass is 32.1. The first-order valence-electron chi connectivity index (χ1n) is 9.88. The van der Waals surface area contributed by atoms with E-state index >= 15 is 0 Å². The first-order valence-corrected chi connectivity index (χ1v) is 10.8. The fourth-order valence-corrected chi connectivity index (χ4v) is 4.17. The van der Waals surface area contributed by atoms with Crippen LogP contribution in [0.5, 0.6) is 0 Å². The molecule has 2 aromatic heterocycles. The van der Waals surface area contributed by atoms with Crippen LogP contribution >= 0.6 is 11.3 Å². The number of methoxy groups -OCH3 is 1. The molecule has 166 valence electrons. The number of nitrogens with two attached hydrogens (primary N) is 1. The molecular weight excluding hydrogens is 428 g/mol. The largest absolute Gasteiger partial charge is 0.619 e. The van der Waals surface area contributed by atoms with Crippen LogP contribution in [0.15, 0.2) is 60.2 Å². The van der Waals surface area contributed by atoms with Crippen molar-refractivity contribution >= 4 is 29.0 Å². The smallest absolute Gasteiger partial charge is 0.311 e. The third-order valence-corrected chi connectivity index (χ3v) is 6.02. The molecule has 32 heavy (non-hydrogen) atoms. The number of nitrogens with zero attached hydrogens (tertiary/aromatic N) is 1. The van der Waals surface area contributed by atoms with E-state index in [9.17, 15) is 14.8 Å². The Kier molecular flexibility index (Phi) is 7.21. The second kappa shape index (κ2) is 10.1. The number of aromatic nitrogens is 1. The number of esters is 1. The Morgan fingerprint density at radius 3 is 2.72 bits per heavy atom. The molecule has 0 aliphatic rings. The van der Waals surface area contributed by atoms with Gasteiger partial charge in [0, 0.05) is 23.2 Å². The van der Waals surface area contributed by atoms with Crippen molar-refractivity contribution in [2.24, 2.45) is 11.7 Å². The number of rotatable bonds is 8. The zero-order valence-electron chi connectivity index (χ0n) is 17.7. The summed E-state index contributed by atoms with van der Waals surface area (Å²) in [7, 11) is 1.31. The molecular formula is C23H24N4O4S. The number of carbonyl (C=O) groups is 2. The Labute approximate surface area is 189 Å². The molecule has 1 amide bonds. The highest BCUT2D eigenvalue weighted by molar-refractivity contribution is 7.12. The number of amidine groups is 1. The predicted molar refractivity (Wildman–Crippen MR) is 122 cm³/mol. The summed E-state index contributed by atoms with van der Waals surface area (Å²) < 4.78 is 5.66. The van der Waals surface area contributed by atoms with Gasteiger partial charge < -0.3 is 21.0 Å². The Bertz CT molecular complexity index is 1140. The minimum absolute atomic E-state index is 0.0581. The van der Waals surface area contributed by atoms with Crippen molar-refractivity contribution in [3.63, 3.8) is 0 Å². The lowest BCUT2D eigenvalue weighted by molar-refractivity contribution is -0.604. The van der Waals surface area contributed by atoms with Gasteiger partial charge in [0.2, 0.25) is 0 Å². The molecule has 8 nitrogen and oxygen atoms in total. The molecule has 4 N–H and O–H groups in total. The molecule has 2 heterocycles. The molecule has 1 aromatic carbocycles.